The van der Waals surface area contributed by atoms with Gasteiger partial charge in [0.2, 0.25) is 11.8 Å². The van der Waals surface area contributed by atoms with Crippen LogP contribution < -0.4 is 10.1 Å². The Morgan fingerprint density at radius 2 is 2.08 bits per heavy atom. The number of rotatable bonds is 3. The van der Waals surface area contributed by atoms with Gasteiger partial charge in [0.1, 0.15) is 17.9 Å². The third-order valence-corrected chi connectivity index (χ3v) is 5.29. The van der Waals surface area contributed by atoms with Crippen molar-refractivity contribution in [2.24, 2.45) is 0 Å². The van der Waals surface area contributed by atoms with Crippen LogP contribution >= 0.6 is 0 Å². The first kappa shape index (κ1) is 17.7. The predicted octanol–water partition coefficient (Wildman–Crippen LogP) is 1.05. The van der Waals surface area contributed by atoms with Crippen LogP contribution in [-0.2, 0) is 16.0 Å². The number of hydrogen-bond acceptors (Lipinski definition) is 4. The molecule has 0 bridgehead atoms. The second-order valence-electron chi connectivity index (χ2n) is 7.29. The SMILES string of the molecule is CC(=O)NC1CCCN(C(=O)C2(N(C)C)COc3ccccc3C2)C1. The Labute approximate surface area is 149 Å². The molecule has 2 aliphatic rings. The van der Waals surface area contributed by atoms with Crippen LogP contribution in [-0.4, -0.2) is 67.0 Å². The normalized spacial score (nSPS) is 25.9. The average molecular weight is 345 g/mol. The Balaban J connectivity index is 1.81. The van der Waals surface area contributed by atoms with Crippen LogP contribution in [0.4, 0.5) is 0 Å². The van der Waals surface area contributed by atoms with E-state index in [1.165, 1.54) is 6.92 Å². The lowest BCUT2D eigenvalue weighted by Gasteiger charge is -2.45. The maximum absolute atomic E-state index is 13.4. The lowest BCUT2D eigenvalue weighted by molar-refractivity contribution is -0.148. The maximum atomic E-state index is 13.4. The minimum Gasteiger partial charge on any atom is -0.491 e. The third-order valence-electron chi connectivity index (χ3n) is 5.29. The largest absolute Gasteiger partial charge is 0.491 e. The minimum atomic E-state index is -0.702. The zero-order valence-electron chi connectivity index (χ0n) is 15.2. The molecule has 3 rings (SSSR count). The summed E-state index contributed by atoms with van der Waals surface area (Å²) in [7, 11) is 3.87. The quantitative estimate of drug-likeness (QED) is 0.889. The van der Waals surface area contributed by atoms with E-state index in [1.54, 1.807) is 0 Å². The Kier molecular flexibility index (Phi) is 4.99. The Bertz CT molecular complexity index is 661. The molecule has 2 atom stereocenters. The average Bonchev–Trinajstić information content (AvgIpc) is 2.60. The van der Waals surface area contributed by atoms with Gasteiger partial charge in [-0.05, 0) is 38.6 Å². The molecular weight excluding hydrogens is 318 g/mol. The molecule has 2 heterocycles. The maximum Gasteiger partial charge on any atom is 0.247 e. The lowest BCUT2D eigenvalue weighted by Crippen LogP contribution is -2.65. The minimum absolute atomic E-state index is 0.0335. The number of fused-ring (bicyclic) bond motifs is 1. The number of carbonyl (C=O) groups is 2. The van der Waals surface area contributed by atoms with Gasteiger partial charge < -0.3 is 15.0 Å². The summed E-state index contributed by atoms with van der Waals surface area (Å²) in [6, 6.07) is 7.94. The lowest BCUT2D eigenvalue weighted by atomic mass is 9.85. The molecule has 0 aliphatic carbocycles. The molecule has 6 nitrogen and oxygen atoms in total. The highest BCUT2D eigenvalue weighted by molar-refractivity contribution is 5.88. The predicted molar refractivity (Wildman–Crippen MR) is 95.5 cm³/mol. The van der Waals surface area contributed by atoms with E-state index < -0.39 is 5.54 Å². The topological polar surface area (TPSA) is 61.9 Å². The van der Waals surface area contributed by atoms with Crippen molar-refractivity contribution in [3.05, 3.63) is 29.8 Å². The van der Waals surface area contributed by atoms with E-state index in [1.807, 2.05) is 48.2 Å². The summed E-state index contributed by atoms with van der Waals surface area (Å²) in [5.74, 6) is 0.904. The number of amides is 2. The Morgan fingerprint density at radius 3 is 2.80 bits per heavy atom. The summed E-state index contributed by atoms with van der Waals surface area (Å²) in [4.78, 5) is 28.7. The molecule has 1 aromatic carbocycles. The van der Waals surface area contributed by atoms with Gasteiger partial charge in [0.25, 0.3) is 0 Å². The molecule has 0 spiro atoms. The number of ether oxygens (including phenoxy) is 1. The zero-order valence-corrected chi connectivity index (χ0v) is 15.2. The zero-order chi connectivity index (χ0) is 18.0. The third kappa shape index (κ3) is 3.49. The first-order valence-corrected chi connectivity index (χ1v) is 8.87. The second kappa shape index (κ2) is 7.04. The summed E-state index contributed by atoms with van der Waals surface area (Å²) in [5.41, 5.74) is 0.359. The number of hydrogen-bond donors (Lipinski definition) is 1. The van der Waals surface area contributed by atoms with Crippen molar-refractivity contribution in [2.75, 3.05) is 33.8 Å². The molecule has 1 aromatic rings. The molecule has 1 saturated heterocycles. The highest BCUT2D eigenvalue weighted by Crippen LogP contribution is 2.33. The summed E-state index contributed by atoms with van der Waals surface area (Å²) in [5, 5.41) is 2.95. The number of carbonyl (C=O) groups excluding carboxylic acids is 2. The fourth-order valence-electron chi connectivity index (χ4n) is 3.83. The van der Waals surface area contributed by atoms with E-state index in [2.05, 4.69) is 5.32 Å². The smallest absolute Gasteiger partial charge is 0.247 e. The highest BCUT2D eigenvalue weighted by Gasteiger charge is 2.47. The Hall–Kier alpha value is -2.08. The van der Waals surface area contributed by atoms with Crippen LogP contribution in [0.2, 0.25) is 0 Å². The van der Waals surface area contributed by atoms with Crippen LogP contribution in [0.5, 0.6) is 5.75 Å². The van der Waals surface area contributed by atoms with Crippen molar-refractivity contribution >= 4 is 11.8 Å². The van der Waals surface area contributed by atoms with Gasteiger partial charge in [-0.3, -0.25) is 14.5 Å². The number of piperidine rings is 1. The summed E-state index contributed by atoms with van der Waals surface area (Å²) < 4.78 is 5.95. The van der Waals surface area contributed by atoms with Crippen molar-refractivity contribution in [3.8, 4) is 5.75 Å². The van der Waals surface area contributed by atoms with Crippen molar-refractivity contribution in [3.63, 3.8) is 0 Å². The van der Waals surface area contributed by atoms with E-state index in [0.29, 0.717) is 19.6 Å². The number of likely N-dealkylation sites (N-methyl/N-ethyl adjacent to an activating group) is 1. The van der Waals surface area contributed by atoms with Gasteiger partial charge in [-0.1, -0.05) is 18.2 Å². The number of benzene rings is 1. The summed E-state index contributed by atoms with van der Waals surface area (Å²) in [6.07, 6.45) is 2.45. The van der Waals surface area contributed by atoms with Gasteiger partial charge in [0, 0.05) is 32.5 Å². The molecule has 2 unspecified atom stereocenters. The molecular formula is C19H27N3O3. The number of likely N-dealkylation sites (tertiary alicyclic amines) is 1. The molecule has 0 aromatic heterocycles. The number of para-hydroxylation sites is 1. The molecule has 1 fully saturated rings. The van der Waals surface area contributed by atoms with Crippen molar-refractivity contribution < 1.29 is 14.3 Å². The van der Waals surface area contributed by atoms with Gasteiger partial charge in [-0.15, -0.1) is 0 Å². The van der Waals surface area contributed by atoms with E-state index in [0.717, 1.165) is 30.7 Å². The monoisotopic (exact) mass is 345 g/mol. The highest BCUT2D eigenvalue weighted by atomic mass is 16.5. The van der Waals surface area contributed by atoms with E-state index in [-0.39, 0.29) is 17.9 Å². The molecule has 0 saturated carbocycles. The van der Waals surface area contributed by atoms with Gasteiger partial charge >= 0.3 is 0 Å². The molecule has 2 amide bonds. The van der Waals surface area contributed by atoms with Crippen LogP contribution in [0.25, 0.3) is 0 Å². The van der Waals surface area contributed by atoms with E-state index in [4.69, 9.17) is 4.74 Å². The summed E-state index contributed by atoms with van der Waals surface area (Å²) >= 11 is 0. The molecule has 25 heavy (non-hydrogen) atoms. The molecule has 1 N–H and O–H groups in total. The van der Waals surface area contributed by atoms with Crippen LogP contribution in [0, 0.1) is 0 Å². The van der Waals surface area contributed by atoms with Gasteiger partial charge in [0.15, 0.2) is 0 Å². The fraction of sp³-hybridized carbons (Fsp3) is 0.579. The fourth-order valence-corrected chi connectivity index (χ4v) is 3.83. The number of nitrogens with zero attached hydrogens (tertiary/aromatic N) is 2. The Morgan fingerprint density at radius 1 is 1.32 bits per heavy atom. The van der Waals surface area contributed by atoms with Gasteiger partial charge in [0.05, 0.1) is 0 Å². The molecule has 136 valence electrons. The standard InChI is InChI=1S/C19H27N3O3/c1-14(23)20-16-8-6-10-22(12-16)18(24)19(21(2)3)11-15-7-4-5-9-17(15)25-13-19/h4-5,7,9,16H,6,8,10-13H2,1-3H3,(H,20,23). The molecule has 2 aliphatic heterocycles. The summed E-state index contributed by atoms with van der Waals surface area (Å²) in [6.45, 7) is 3.16. The van der Waals surface area contributed by atoms with E-state index in [9.17, 15) is 9.59 Å². The van der Waals surface area contributed by atoms with Crippen LogP contribution in [0.1, 0.15) is 25.3 Å². The first-order valence-electron chi connectivity index (χ1n) is 8.87. The molecule has 0 radical (unpaired) electrons. The number of nitrogens with one attached hydrogen (secondary N) is 1. The van der Waals surface area contributed by atoms with E-state index >= 15 is 0 Å². The van der Waals surface area contributed by atoms with Crippen LogP contribution in [0.15, 0.2) is 24.3 Å². The molecule has 6 heteroatoms. The second-order valence-corrected chi connectivity index (χ2v) is 7.29. The van der Waals surface area contributed by atoms with Gasteiger partial charge in [-0.25, -0.2) is 0 Å². The van der Waals surface area contributed by atoms with Crippen molar-refractivity contribution in [1.82, 2.24) is 15.1 Å². The van der Waals surface area contributed by atoms with Crippen molar-refractivity contribution in [1.29, 1.82) is 0 Å². The first-order chi connectivity index (χ1) is 11.9. The van der Waals surface area contributed by atoms with Crippen LogP contribution in [0.3, 0.4) is 0 Å². The van der Waals surface area contributed by atoms with Crippen molar-refractivity contribution in [2.45, 2.75) is 37.8 Å². The van der Waals surface area contributed by atoms with Gasteiger partial charge in [-0.2, -0.15) is 0 Å².